The molecule has 0 atom stereocenters. The van der Waals surface area contributed by atoms with Gasteiger partial charge in [-0.15, -0.1) is 0 Å². The van der Waals surface area contributed by atoms with Gasteiger partial charge in [0.05, 0.1) is 0 Å². The Morgan fingerprint density at radius 1 is 1.58 bits per heavy atom. The highest BCUT2D eigenvalue weighted by Gasteiger charge is 2.22. The van der Waals surface area contributed by atoms with Crippen molar-refractivity contribution in [3.63, 3.8) is 0 Å². The minimum absolute atomic E-state index is 0.682. The molecule has 1 saturated carbocycles. The average molecular weight is 186 g/mol. The number of rotatable bonds is 4. The quantitative estimate of drug-likeness (QED) is 0.673. The highest BCUT2D eigenvalue weighted by Crippen LogP contribution is 2.18. The molecule has 12 heavy (non-hydrogen) atoms. The van der Waals surface area contributed by atoms with Crippen LogP contribution in [0.4, 0.5) is 0 Å². The van der Waals surface area contributed by atoms with E-state index < -0.39 is 0 Å². The van der Waals surface area contributed by atoms with E-state index in [2.05, 4.69) is 24.2 Å². The molecule has 3 heteroatoms. The van der Waals surface area contributed by atoms with Crippen molar-refractivity contribution >= 4 is 17.3 Å². The molecule has 0 aromatic heterocycles. The lowest BCUT2D eigenvalue weighted by Gasteiger charge is -2.20. The Morgan fingerprint density at radius 2 is 2.25 bits per heavy atom. The van der Waals surface area contributed by atoms with Gasteiger partial charge in [0.1, 0.15) is 0 Å². The monoisotopic (exact) mass is 186 g/mol. The van der Waals surface area contributed by atoms with Gasteiger partial charge in [0.15, 0.2) is 5.11 Å². The molecule has 0 unspecified atom stereocenters. The molecule has 0 spiro atoms. The second-order valence-corrected chi connectivity index (χ2v) is 3.89. The Balaban J connectivity index is 2.11. The van der Waals surface area contributed by atoms with E-state index >= 15 is 0 Å². The van der Waals surface area contributed by atoms with Crippen LogP contribution in [0.15, 0.2) is 0 Å². The molecule has 0 aromatic carbocycles. The van der Waals surface area contributed by atoms with E-state index in [1.54, 1.807) is 0 Å². The van der Waals surface area contributed by atoms with Crippen LogP contribution in [0.1, 0.15) is 32.6 Å². The van der Waals surface area contributed by atoms with Crippen molar-refractivity contribution in [3.05, 3.63) is 0 Å². The molecule has 0 heterocycles. The summed E-state index contributed by atoms with van der Waals surface area (Å²) in [5.41, 5.74) is 0. The third kappa shape index (κ3) is 3.39. The topological polar surface area (TPSA) is 15.3 Å². The molecule has 1 aliphatic rings. The summed E-state index contributed by atoms with van der Waals surface area (Å²) < 4.78 is 0. The van der Waals surface area contributed by atoms with Gasteiger partial charge in [-0.1, -0.05) is 13.3 Å². The minimum Gasteiger partial charge on any atom is -0.360 e. The van der Waals surface area contributed by atoms with Gasteiger partial charge in [-0.25, -0.2) is 0 Å². The van der Waals surface area contributed by atoms with E-state index in [9.17, 15) is 0 Å². The molecule has 0 bridgehead atoms. The Hall–Kier alpha value is -0.310. The number of nitrogens with zero attached hydrogens (tertiary/aromatic N) is 1. The Kier molecular flexibility index (Phi) is 3.79. The zero-order chi connectivity index (χ0) is 8.97. The fourth-order valence-corrected chi connectivity index (χ4v) is 1.27. The Morgan fingerprint density at radius 3 is 2.75 bits per heavy atom. The molecule has 1 N–H and O–H groups in total. The summed E-state index contributed by atoms with van der Waals surface area (Å²) in [5.74, 6) is 0. The van der Waals surface area contributed by atoms with Gasteiger partial charge in [-0.3, -0.25) is 0 Å². The zero-order valence-electron chi connectivity index (χ0n) is 7.97. The van der Waals surface area contributed by atoms with E-state index in [0.29, 0.717) is 6.04 Å². The number of nitrogens with one attached hydrogen (secondary N) is 1. The summed E-state index contributed by atoms with van der Waals surface area (Å²) in [6.07, 6.45) is 5.04. The van der Waals surface area contributed by atoms with Crippen molar-refractivity contribution in [1.29, 1.82) is 0 Å². The van der Waals surface area contributed by atoms with Crippen molar-refractivity contribution in [3.8, 4) is 0 Å². The highest BCUT2D eigenvalue weighted by molar-refractivity contribution is 7.80. The smallest absolute Gasteiger partial charge is 0.168 e. The molecule has 70 valence electrons. The normalized spacial score (nSPS) is 15.8. The summed E-state index contributed by atoms with van der Waals surface area (Å²) in [6, 6.07) is 0.682. The van der Waals surface area contributed by atoms with Gasteiger partial charge in [-0.2, -0.15) is 0 Å². The highest BCUT2D eigenvalue weighted by atomic mass is 32.1. The maximum atomic E-state index is 5.22. The Labute approximate surface area is 80.3 Å². The van der Waals surface area contributed by atoms with Crippen LogP contribution >= 0.6 is 12.2 Å². The van der Waals surface area contributed by atoms with E-state index in [1.807, 2.05) is 0 Å². The van der Waals surface area contributed by atoms with E-state index in [4.69, 9.17) is 12.2 Å². The first-order valence-corrected chi connectivity index (χ1v) is 5.16. The van der Waals surface area contributed by atoms with Crippen LogP contribution in [0, 0.1) is 0 Å². The standard InChI is InChI=1S/C9H18N2S/c1-3-4-7-11(2)9(12)10-8-5-6-8/h8H,3-7H2,1-2H3,(H,10,12). The Bertz CT molecular complexity index is 155. The third-order valence-corrected chi connectivity index (χ3v) is 2.53. The van der Waals surface area contributed by atoms with Crippen LogP contribution in [0.3, 0.4) is 0 Å². The van der Waals surface area contributed by atoms with Crippen LogP contribution in [0.25, 0.3) is 0 Å². The van der Waals surface area contributed by atoms with Gasteiger partial charge >= 0.3 is 0 Å². The summed E-state index contributed by atoms with van der Waals surface area (Å²) in [4.78, 5) is 2.14. The molecular formula is C9H18N2S. The lowest BCUT2D eigenvalue weighted by molar-refractivity contribution is 0.475. The van der Waals surface area contributed by atoms with Gasteiger partial charge < -0.3 is 10.2 Å². The lowest BCUT2D eigenvalue weighted by atomic mass is 10.3. The fourth-order valence-electron chi connectivity index (χ4n) is 1.01. The first-order valence-electron chi connectivity index (χ1n) is 4.75. The van der Waals surface area contributed by atoms with Gasteiger partial charge in [-0.05, 0) is 31.5 Å². The van der Waals surface area contributed by atoms with Gasteiger partial charge in [0, 0.05) is 19.6 Å². The van der Waals surface area contributed by atoms with Crippen LogP contribution in [-0.4, -0.2) is 29.6 Å². The molecule has 0 aromatic rings. The van der Waals surface area contributed by atoms with Crippen LogP contribution in [0.2, 0.25) is 0 Å². The van der Waals surface area contributed by atoms with Crippen molar-refractivity contribution in [1.82, 2.24) is 10.2 Å². The molecule has 0 amide bonds. The molecule has 1 aliphatic carbocycles. The molecule has 0 aliphatic heterocycles. The predicted molar refractivity (Wildman–Crippen MR) is 56.3 cm³/mol. The first kappa shape index (κ1) is 9.78. The van der Waals surface area contributed by atoms with Crippen LogP contribution < -0.4 is 5.32 Å². The molecule has 1 fully saturated rings. The van der Waals surface area contributed by atoms with Crippen molar-refractivity contribution in [2.75, 3.05) is 13.6 Å². The number of hydrogen-bond acceptors (Lipinski definition) is 1. The average Bonchev–Trinajstić information content (AvgIpc) is 2.83. The summed E-state index contributed by atoms with van der Waals surface area (Å²) in [7, 11) is 2.06. The largest absolute Gasteiger partial charge is 0.360 e. The van der Waals surface area contributed by atoms with Crippen LogP contribution in [0.5, 0.6) is 0 Å². The SMILES string of the molecule is CCCCN(C)C(=S)NC1CC1. The predicted octanol–water partition coefficient (Wildman–Crippen LogP) is 1.76. The summed E-state index contributed by atoms with van der Waals surface area (Å²) in [6.45, 7) is 3.28. The molecule has 1 rings (SSSR count). The van der Waals surface area contributed by atoms with E-state index in [-0.39, 0.29) is 0 Å². The van der Waals surface area contributed by atoms with Crippen LogP contribution in [-0.2, 0) is 0 Å². The van der Waals surface area contributed by atoms with Crippen molar-refractivity contribution < 1.29 is 0 Å². The summed E-state index contributed by atoms with van der Waals surface area (Å²) >= 11 is 5.22. The van der Waals surface area contributed by atoms with Crippen molar-refractivity contribution in [2.24, 2.45) is 0 Å². The number of unbranched alkanes of at least 4 members (excludes halogenated alkanes) is 1. The molecule has 0 radical (unpaired) electrons. The number of hydrogen-bond donors (Lipinski definition) is 1. The minimum atomic E-state index is 0.682. The third-order valence-electron chi connectivity index (χ3n) is 2.10. The maximum absolute atomic E-state index is 5.22. The summed E-state index contributed by atoms with van der Waals surface area (Å²) in [5, 5.41) is 4.24. The first-order chi connectivity index (χ1) is 5.74. The van der Waals surface area contributed by atoms with Gasteiger partial charge in [0.25, 0.3) is 0 Å². The second kappa shape index (κ2) is 4.65. The van der Waals surface area contributed by atoms with Gasteiger partial charge in [0.2, 0.25) is 0 Å². The second-order valence-electron chi connectivity index (χ2n) is 3.50. The molecule has 2 nitrogen and oxygen atoms in total. The molecular weight excluding hydrogens is 168 g/mol. The van der Waals surface area contributed by atoms with E-state index in [0.717, 1.165) is 11.7 Å². The van der Waals surface area contributed by atoms with E-state index in [1.165, 1.54) is 25.7 Å². The maximum Gasteiger partial charge on any atom is 0.168 e. The number of thiocarbonyl (C=S) groups is 1. The molecule has 0 saturated heterocycles. The fraction of sp³-hybridized carbons (Fsp3) is 0.889. The van der Waals surface area contributed by atoms with Crippen molar-refractivity contribution in [2.45, 2.75) is 38.6 Å². The zero-order valence-corrected chi connectivity index (χ0v) is 8.78. The lowest BCUT2D eigenvalue weighted by Crippen LogP contribution is -2.38.